The molecule has 3 aromatic rings. The molecule has 0 radical (unpaired) electrons. The third-order valence-electron chi connectivity index (χ3n) is 4.49. The topological polar surface area (TPSA) is 58.3 Å². The van der Waals surface area contributed by atoms with Gasteiger partial charge >= 0.3 is 0 Å². The van der Waals surface area contributed by atoms with E-state index in [1.165, 1.54) is 18.5 Å². The zero-order valence-corrected chi connectivity index (χ0v) is 13.4. The number of anilines is 1. The number of rotatable bonds is 3. The molecular formula is C17H18FN5O. The van der Waals surface area contributed by atoms with Crippen LogP contribution in [-0.2, 0) is 0 Å². The van der Waals surface area contributed by atoms with Crippen molar-refractivity contribution in [3.63, 3.8) is 0 Å². The average Bonchev–Trinajstić information content (AvgIpc) is 3.07. The Hall–Kier alpha value is -2.54. The van der Waals surface area contributed by atoms with Crippen LogP contribution in [0.2, 0.25) is 0 Å². The van der Waals surface area contributed by atoms with Gasteiger partial charge in [0.05, 0.1) is 0 Å². The number of hydrogen-bond acceptors (Lipinski definition) is 6. The smallest absolute Gasteiger partial charge is 0.263 e. The Balaban J connectivity index is 1.76. The molecular weight excluding hydrogens is 309 g/mol. The monoisotopic (exact) mass is 327 g/mol. The van der Waals surface area contributed by atoms with Crippen LogP contribution in [0.15, 0.2) is 35.1 Å². The number of aromatic nitrogens is 3. The number of fused-ring (bicyclic) bond motifs is 1. The molecule has 0 saturated carbocycles. The number of hydrogen-bond donors (Lipinski definition) is 0. The molecule has 0 amide bonds. The van der Waals surface area contributed by atoms with Crippen molar-refractivity contribution in [1.29, 1.82) is 0 Å². The number of halogens is 1. The first kappa shape index (κ1) is 15.0. The van der Waals surface area contributed by atoms with E-state index < -0.39 is 0 Å². The van der Waals surface area contributed by atoms with E-state index in [1.807, 2.05) is 0 Å². The van der Waals surface area contributed by atoms with Gasteiger partial charge in [0.2, 0.25) is 0 Å². The lowest BCUT2D eigenvalue weighted by Crippen LogP contribution is -2.46. The second-order valence-electron chi connectivity index (χ2n) is 5.84. The third-order valence-corrected chi connectivity index (χ3v) is 4.49. The lowest BCUT2D eigenvalue weighted by molar-refractivity contribution is 0.271. The summed E-state index contributed by atoms with van der Waals surface area (Å²) < 4.78 is 18.6. The summed E-state index contributed by atoms with van der Waals surface area (Å²) in [5, 5.41) is 4.93. The Morgan fingerprint density at radius 1 is 1.08 bits per heavy atom. The Morgan fingerprint density at radius 3 is 2.54 bits per heavy atom. The molecule has 1 aliphatic rings. The highest BCUT2D eigenvalue weighted by molar-refractivity contribution is 5.97. The summed E-state index contributed by atoms with van der Waals surface area (Å²) in [6.45, 7) is 7.02. The molecule has 4 rings (SSSR count). The lowest BCUT2D eigenvalue weighted by Gasteiger charge is -2.34. The Kier molecular flexibility index (Phi) is 3.86. The largest absolute Gasteiger partial charge is 0.353 e. The van der Waals surface area contributed by atoms with Crippen LogP contribution in [0, 0.1) is 5.82 Å². The van der Waals surface area contributed by atoms with E-state index in [1.54, 1.807) is 12.1 Å². The van der Waals surface area contributed by atoms with Gasteiger partial charge in [0.15, 0.2) is 0 Å². The molecule has 0 N–H and O–H groups in total. The zero-order valence-electron chi connectivity index (χ0n) is 13.4. The highest BCUT2D eigenvalue weighted by Gasteiger charge is 2.23. The number of benzene rings is 1. The quantitative estimate of drug-likeness (QED) is 0.737. The van der Waals surface area contributed by atoms with E-state index in [0.29, 0.717) is 11.4 Å². The van der Waals surface area contributed by atoms with Gasteiger partial charge in [-0.05, 0) is 30.8 Å². The standard InChI is InChI=1S/C17H18FN5O/c1-2-22-7-9-23(10-8-22)16-14-15(12-3-5-13(18)6-4-12)21-24-17(14)20-11-19-16/h3-6,11H,2,7-10H2,1H3. The molecule has 24 heavy (non-hydrogen) atoms. The molecule has 0 spiro atoms. The van der Waals surface area contributed by atoms with E-state index in [9.17, 15) is 4.39 Å². The van der Waals surface area contributed by atoms with Gasteiger partial charge in [-0.1, -0.05) is 12.1 Å². The molecule has 0 bridgehead atoms. The van der Waals surface area contributed by atoms with Gasteiger partial charge < -0.3 is 14.3 Å². The fourth-order valence-corrected chi connectivity index (χ4v) is 3.09. The molecule has 0 aliphatic carbocycles. The summed E-state index contributed by atoms with van der Waals surface area (Å²) >= 11 is 0. The summed E-state index contributed by atoms with van der Waals surface area (Å²) in [7, 11) is 0. The van der Waals surface area contributed by atoms with Crippen LogP contribution in [-0.4, -0.2) is 52.7 Å². The maximum atomic E-state index is 13.2. The molecule has 3 heterocycles. The molecule has 7 heteroatoms. The summed E-state index contributed by atoms with van der Waals surface area (Å²) in [4.78, 5) is 13.3. The Labute approximate surface area is 138 Å². The first-order chi connectivity index (χ1) is 11.8. The predicted octanol–water partition coefficient (Wildman–Crippen LogP) is 2.57. The van der Waals surface area contributed by atoms with Gasteiger partial charge in [-0.25, -0.2) is 9.37 Å². The van der Waals surface area contributed by atoms with E-state index in [-0.39, 0.29) is 5.82 Å². The molecule has 1 fully saturated rings. The van der Waals surface area contributed by atoms with Crippen LogP contribution >= 0.6 is 0 Å². The fraction of sp³-hybridized carbons (Fsp3) is 0.353. The van der Waals surface area contributed by atoms with Gasteiger partial charge in [-0.15, -0.1) is 0 Å². The molecule has 0 unspecified atom stereocenters. The van der Waals surface area contributed by atoms with Crippen molar-refractivity contribution in [2.24, 2.45) is 0 Å². The van der Waals surface area contributed by atoms with Crippen LogP contribution in [0.3, 0.4) is 0 Å². The zero-order chi connectivity index (χ0) is 16.5. The van der Waals surface area contributed by atoms with Gasteiger partial charge in [-0.3, -0.25) is 0 Å². The molecule has 0 atom stereocenters. The Bertz CT molecular complexity index is 840. The first-order valence-corrected chi connectivity index (χ1v) is 8.10. The second-order valence-corrected chi connectivity index (χ2v) is 5.84. The SMILES string of the molecule is CCN1CCN(c2ncnc3onc(-c4ccc(F)cc4)c23)CC1. The minimum atomic E-state index is -0.279. The van der Waals surface area contributed by atoms with E-state index >= 15 is 0 Å². The van der Waals surface area contributed by atoms with E-state index in [2.05, 4.69) is 31.8 Å². The maximum Gasteiger partial charge on any atom is 0.263 e. The summed E-state index contributed by atoms with van der Waals surface area (Å²) in [5.41, 5.74) is 1.90. The van der Waals surface area contributed by atoms with Crippen molar-refractivity contribution in [2.45, 2.75) is 6.92 Å². The van der Waals surface area contributed by atoms with Crippen molar-refractivity contribution in [1.82, 2.24) is 20.0 Å². The van der Waals surface area contributed by atoms with Gasteiger partial charge in [0.25, 0.3) is 5.71 Å². The molecule has 6 nitrogen and oxygen atoms in total. The summed E-state index contributed by atoms with van der Waals surface area (Å²) in [5.74, 6) is 0.551. The van der Waals surface area contributed by atoms with Crippen molar-refractivity contribution < 1.29 is 8.91 Å². The van der Waals surface area contributed by atoms with Gasteiger partial charge in [0.1, 0.15) is 29.0 Å². The number of likely N-dealkylation sites (N-methyl/N-ethyl adjacent to an activating group) is 1. The van der Waals surface area contributed by atoms with Crippen molar-refractivity contribution in [3.05, 3.63) is 36.4 Å². The number of piperazine rings is 1. The molecule has 1 saturated heterocycles. The Morgan fingerprint density at radius 2 is 1.83 bits per heavy atom. The average molecular weight is 327 g/mol. The predicted molar refractivity (Wildman–Crippen MR) is 89.3 cm³/mol. The minimum Gasteiger partial charge on any atom is -0.353 e. The van der Waals surface area contributed by atoms with Crippen LogP contribution in [0.4, 0.5) is 10.2 Å². The van der Waals surface area contributed by atoms with Crippen LogP contribution < -0.4 is 4.90 Å². The maximum absolute atomic E-state index is 13.2. The van der Waals surface area contributed by atoms with Gasteiger partial charge in [-0.2, -0.15) is 4.98 Å². The highest BCUT2D eigenvalue weighted by Crippen LogP contribution is 2.33. The highest BCUT2D eigenvalue weighted by atomic mass is 19.1. The minimum absolute atomic E-state index is 0.279. The molecule has 1 aromatic carbocycles. The van der Waals surface area contributed by atoms with Crippen LogP contribution in [0.1, 0.15) is 6.92 Å². The van der Waals surface area contributed by atoms with Crippen molar-refractivity contribution in [2.75, 3.05) is 37.6 Å². The third kappa shape index (κ3) is 2.60. The van der Waals surface area contributed by atoms with E-state index in [4.69, 9.17) is 4.52 Å². The first-order valence-electron chi connectivity index (χ1n) is 8.10. The summed E-state index contributed by atoms with van der Waals surface area (Å²) in [6.07, 6.45) is 1.50. The lowest BCUT2D eigenvalue weighted by atomic mass is 10.1. The number of nitrogens with zero attached hydrogens (tertiary/aromatic N) is 5. The van der Waals surface area contributed by atoms with E-state index in [0.717, 1.165) is 49.5 Å². The van der Waals surface area contributed by atoms with Crippen molar-refractivity contribution >= 4 is 16.9 Å². The normalized spacial score (nSPS) is 16.0. The fourth-order valence-electron chi connectivity index (χ4n) is 3.09. The van der Waals surface area contributed by atoms with Gasteiger partial charge in [0, 0.05) is 31.7 Å². The molecule has 1 aliphatic heterocycles. The van der Waals surface area contributed by atoms with Crippen molar-refractivity contribution in [3.8, 4) is 11.3 Å². The molecule has 124 valence electrons. The van der Waals surface area contributed by atoms with Crippen LogP contribution in [0.5, 0.6) is 0 Å². The summed E-state index contributed by atoms with van der Waals surface area (Å²) in [6, 6.07) is 6.22. The van der Waals surface area contributed by atoms with Crippen LogP contribution in [0.25, 0.3) is 22.4 Å². The molecule has 2 aromatic heterocycles. The second kappa shape index (κ2) is 6.16.